The van der Waals surface area contributed by atoms with Gasteiger partial charge in [-0.15, -0.1) is 0 Å². The predicted octanol–water partition coefficient (Wildman–Crippen LogP) is 3.39. The first kappa shape index (κ1) is 44.0. The zero-order valence-corrected chi connectivity index (χ0v) is 18.5. The van der Waals surface area contributed by atoms with Crippen molar-refractivity contribution in [3.63, 3.8) is 0 Å². The van der Waals surface area contributed by atoms with Crippen molar-refractivity contribution in [2.24, 2.45) is 0 Å². The molecule has 0 amide bonds. The van der Waals surface area contributed by atoms with Gasteiger partial charge in [-0.05, 0) is 6.92 Å². The molecule has 0 saturated carbocycles. The molecule has 2 nitrogen and oxygen atoms in total. The first-order chi connectivity index (χ1) is 5.66. The molecule has 0 aliphatic heterocycles. The average Bonchev–Trinajstić information content (AvgIpc) is 1.92. The van der Waals surface area contributed by atoms with Crippen molar-refractivity contribution in [2.45, 2.75) is 54.4 Å². The third kappa shape index (κ3) is 1460. The van der Waals surface area contributed by atoms with Gasteiger partial charge < -0.3 is 17.3 Å². The Morgan fingerprint density at radius 2 is 1.00 bits per heavy atom. The third-order valence-corrected chi connectivity index (χ3v) is 0. The van der Waals surface area contributed by atoms with Crippen LogP contribution in [0.1, 0.15) is 54.4 Å². The minimum atomic E-state index is 0. The van der Waals surface area contributed by atoms with Gasteiger partial charge in [0.2, 0.25) is 0 Å². The SMILES string of the molecule is CCC.CCC.CCO.C[C-]=O.[CH3-].[U].[W]. The van der Waals surface area contributed by atoms with E-state index in [2.05, 4.69) is 27.7 Å². The average molecular weight is 614 g/mol. The minimum Gasteiger partial charge on any atom is -0.542 e. The maximum atomic E-state index is 8.68. The second-order valence-electron chi connectivity index (χ2n) is 1.93. The van der Waals surface area contributed by atoms with Gasteiger partial charge in [0.05, 0.1) is 0 Å². The van der Waals surface area contributed by atoms with Crippen LogP contribution in [0, 0.1) is 38.5 Å². The zero-order valence-electron chi connectivity index (χ0n) is 11.4. The number of carbonyl (C=O) groups excluding carboxylic acids is 1. The Hall–Kier alpha value is 1.37. The van der Waals surface area contributed by atoms with Gasteiger partial charge in [-0.1, -0.05) is 40.5 Å². The van der Waals surface area contributed by atoms with Crippen LogP contribution in [-0.4, -0.2) is 18.0 Å². The molecule has 0 aromatic heterocycles. The number of hydrogen-bond acceptors (Lipinski definition) is 2. The van der Waals surface area contributed by atoms with Crippen LogP contribution in [0.4, 0.5) is 0 Å². The van der Waals surface area contributed by atoms with Gasteiger partial charge in [-0.25, -0.2) is 0 Å². The van der Waals surface area contributed by atoms with Crippen molar-refractivity contribution in [3.05, 3.63) is 7.43 Å². The molecule has 0 unspecified atom stereocenters. The van der Waals surface area contributed by atoms with Gasteiger partial charge in [-0.2, -0.15) is 6.92 Å². The standard InChI is InChI=1S/2C3H8.C2H6O.C2H3O.CH3.U.W/c2*1-3-2;2*1-2-3;;;/h2*3H2,1-2H3;3H,2H2,1H3;1H3;1H3;;/q;;;2*-1;;. The molecule has 0 rings (SSSR count). The van der Waals surface area contributed by atoms with Crippen molar-refractivity contribution in [3.8, 4) is 0 Å². The van der Waals surface area contributed by atoms with E-state index in [-0.39, 0.29) is 66.2 Å². The second-order valence-corrected chi connectivity index (χ2v) is 1.93. The smallest absolute Gasteiger partial charge is 0.0402 e. The van der Waals surface area contributed by atoms with Gasteiger partial charge in [0.1, 0.15) is 0 Å². The largest absolute Gasteiger partial charge is 0.542 e. The van der Waals surface area contributed by atoms with Crippen LogP contribution in [0.15, 0.2) is 0 Å². The first-order valence-corrected chi connectivity index (χ1v) is 4.56. The normalized spacial score (nSPS) is 4.47. The predicted molar refractivity (Wildman–Crippen MR) is 62.5 cm³/mol. The maximum absolute atomic E-state index is 8.68. The van der Waals surface area contributed by atoms with E-state index in [1.54, 1.807) is 6.92 Å². The Morgan fingerprint density at radius 1 is 1.00 bits per heavy atom. The molecule has 15 heavy (non-hydrogen) atoms. The Labute approximate surface area is 136 Å². The molecule has 0 radical (unpaired) electrons. The minimum absolute atomic E-state index is 0. The fourth-order valence-electron chi connectivity index (χ4n) is 0. The summed E-state index contributed by atoms with van der Waals surface area (Å²) < 4.78 is 0. The molecule has 0 aromatic rings. The summed E-state index contributed by atoms with van der Waals surface area (Å²) in [6.45, 7) is 11.8. The van der Waals surface area contributed by atoms with Crippen LogP contribution >= 0.6 is 0 Å². The molecule has 0 fully saturated rings. The van der Waals surface area contributed by atoms with E-state index in [0.29, 0.717) is 0 Å². The van der Waals surface area contributed by atoms with Crippen LogP contribution in [-0.2, 0) is 25.9 Å². The Balaban J connectivity index is -0.0000000107. The molecule has 0 heterocycles. The summed E-state index contributed by atoms with van der Waals surface area (Å²) in [5.74, 6) is 0. The summed E-state index contributed by atoms with van der Waals surface area (Å²) >= 11 is 0. The van der Waals surface area contributed by atoms with Crippen molar-refractivity contribution >= 4 is 6.29 Å². The molecule has 0 aliphatic carbocycles. The monoisotopic (exact) mass is 614 g/mol. The molecule has 96 valence electrons. The van der Waals surface area contributed by atoms with Crippen LogP contribution in [0.2, 0.25) is 0 Å². The van der Waals surface area contributed by atoms with E-state index >= 15 is 0 Å². The summed E-state index contributed by atoms with van der Waals surface area (Å²) in [6.07, 6.45) is 4.00. The molecule has 4 heteroatoms. The molecule has 0 aromatic carbocycles. The molecule has 0 aliphatic rings. The van der Waals surface area contributed by atoms with Crippen LogP contribution in [0.3, 0.4) is 0 Å². The quantitative estimate of drug-likeness (QED) is 0.426. The first-order valence-electron chi connectivity index (χ1n) is 4.56. The number of aliphatic hydroxyl groups excluding tert-OH is 1. The summed E-state index contributed by atoms with van der Waals surface area (Å²) in [7, 11) is 0. The summed E-state index contributed by atoms with van der Waals surface area (Å²) in [6, 6.07) is 0. The van der Waals surface area contributed by atoms with Gasteiger partial charge in [0.25, 0.3) is 0 Å². The van der Waals surface area contributed by atoms with Crippen molar-refractivity contribution < 1.29 is 62.1 Å². The fourth-order valence-corrected chi connectivity index (χ4v) is 0. The number of aliphatic hydroxyl groups is 1. The number of hydrogen-bond donors (Lipinski definition) is 1. The second kappa shape index (κ2) is 110. The summed E-state index contributed by atoms with van der Waals surface area (Å²) in [5.41, 5.74) is 0. The Kier molecular flexibility index (Phi) is 323. The van der Waals surface area contributed by atoms with Crippen LogP contribution in [0.25, 0.3) is 0 Å². The van der Waals surface area contributed by atoms with Gasteiger partial charge in [-0.3, -0.25) is 6.29 Å². The van der Waals surface area contributed by atoms with Crippen LogP contribution in [0.5, 0.6) is 0 Å². The fraction of sp³-hybridized carbons (Fsp3) is 0.818. The molecule has 0 saturated heterocycles. The van der Waals surface area contributed by atoms with E-state index in [9.17, 15) is 0 Å². The topological polar surface area (TPSA) is 37.3 Å². The van der Waals surface area contributed by atoms with E-state index in [1.165, 1.54) is 26.1 Å². The Bertz CT molecular complexity index is 42.8. The van der Waals surface area contributed by atoms with E-state index in [4.69, 9.17) is 9.90 Å². The molecular weight excluding hydrogens is 586 g/mol. The van der Waals surface area contributed by atoms with Gasteiger partial charge in [0.15, 0.2) is 0 Å². The van der Waals surface area contributed by atoms with Gasteiger partial charge >= 0.3 is 0 Å². The molecule has 0 spiro atoms. The molecule has 0 atom stereocenters. The zero-order chi connectivity index (χ0) is 10.8. The number of rotatable bonds is 0. The molecule has 0 bridgehead atoms. The summed E-state index contributed by atoms with van der Waals surface area (Å²) in [5, 5.41) is 7.57. The summed E-state index contributed by atoms with van der Waals surface area (Å²) in [4.78, 5) is 8.68. The van der Waals surface area contributed by atoms with E-state index in [1.807, 2.05) is 0 Å². The van der Waals surface area contributed by atoms with E-state index < -0.39 is 0 Å². The van der Waals surface area contributed by atoms with Crippen molar-refractivity contribution in [1.29, 1.82) is 0 Å². The van der Waals surface area contributed by atoms with Crippen molar-refractivity contribution in [2.75, 3.05) is 6.61 Å². The van der Waals surface area contributed by atoms with E-state index in [0.717, 1.165) is 0 Å². The van der Waals surface area contributed by atoms with Crippen molar-refractivity contribution in [1.82, 2.24) is 0 Å². The molecule has 1 N–H and O–H groups in total. The third-order valence-electron chi connectivity index (χ3n) is 0. The van der Waals surface area contributed by atoms with Gasteiger partial charge in [0, 0.05) is 58.8 Å². The van der Waals surface area contributed by atoms with Crippen LogP contribution < -0.4 is 0 Å². The Morgan fingerprint density at radius 3 is 1.00 bits per heavy atom. The maximum Gasteiger partial charge on any atom is 0.0402 e. The molecular formula is C11H28O2UW-2.